The van der Waals surface area contributed by atoms with Crippen molar-refractivity contribution in [3.05, 3.63) is 34.6 Å². The highest BCUT2D eigenvalue weighted by molar-refractivity contribution is 6.30. The van der Waals surface area contributed by atoms with Crippen molar-refractivity contribution in [1.29, 1.82) is 5.26 Å². The van der Waals surface area contributed by atoms with Gasteiger partial charge in [0.15, 0.2) is 0 Å². The molecule has 1 unspecified atom stereocenters. The molecule has 3 rings (SSSR count). The molecular formula is C21H25ClFN3O3. The number of carbonyl (C=O) groups excluding carboxylic acids is 2. The largest absolute Gasteiger partial charge is 0.466 e. The number of likely N-dealkylation sites (tertiary alicyclic amines) is 2. The molecule has 0 aliphatic carbocycles. The third-order valence-corrected chi connectivity index (χ3v) is 6.08. The zero-order chi connectivity index (χ0) is 21.0. The molecule has 2 aliphatic heterocycles. The van der Waals surface area contributed by atoms with Crippen LogP contribution in [0.4, 0.5) is 9.18 Å². The molecule has 2 saturated heterocycles. The van der Waals surface area contributed by atoms with Crippen LogP contribution in [0.5, 0.6) is 0 Å². The van der Waals surface area contributed by atoms with Crippen LogP contribution in [0.2, 0.25) is 5.02 Å². The van der Waals surface area contributed by atoms with E-state index in [-0.39, 0.29) is 35.0 Å². The Bertz CT molecular complexity index is 820. The van der Waals surface area contributed by atoms with Crippen LogP contribution < -0.4 is 0 Å². The monoisotopic (exact) mass is 421 g/mol. The van der Waals surface area contributed by atoms with Crippen LogP contribution in [0.15, 0.2) is 18.2 Å². The summed E-state index contributed by atoms with van der Waals surface area (Å²) < 4.78 is 19.4. The van der Waals surface area contributed by atoms with Crippen molar-refractivity contribution in [2.45, 2.75) is 38.0 Å². The lowest BCUT2D eigenvalue weighted by molar-refractivity contribution is -0.144. The molecular weight excluding hydrogens is 397 g/mol. The Labute approximate surface area is 175 Å². The molecule has 0 bridgehead atoms. The number of hydrogen-bond acceptors (Lipinski definition) is 4. The highest BCUT2D eigenvalue weighted by atomic mass is 35.5. The van der Waals surface area contributed by atoms with Gasteiger partial charge in [-0.2, -0.15) is 5.26 Å². The minimum atomic E-state index is -1.06. The number of urea groups is 1. The summed E-state index contributed by atoms with van der Waals surface area (Å²) >= 11 is 5.83. The van der Waals surface area contributed by atoms with Gasteiger partial charge < -0.3 is 14.5 Å². The van der Waals surface area contributed by atoms with Crippen molar-refractivity contribution in [3.8, 4) is 6.07 Å². The molecule has 2 fully saturated rings. The second-order valence-corrected chi connectivity index (χ2v) is 8.15. The number of halogens is 2. The van der Waals surface area contributed by atoms with E-state index in [0.29, 0.717) is 39.1 Å². The molecule has 2 aliphatic rings. The van der Waals surface area contributed by atoms with Crippen molar-refractivity contribution < 1.29 is 18.7 Å². The number of amides is 2. The first-order valence-corrected chi connectivity index (χ1v) is 10.3. The quantitative estimate of drug-likeness (QED) is 0.694. The first-order valence-electron chi connectivity index (χ1n) is 9.95. The van der Waals surface area contributed by atoms with Gasteiger partial charge >= 0.3 is 12.0 Å². The van der Waals surface area contributed by atoms with Gasteiger partial charge in [-0.15, -0.1) is 0 Å². The Morgan fingerprint density at radius 2 is 2.03 bits per heavy atom. The molecule has 0 aromatic heterocycles. The summed E-state index contributed by atoms with van der Waals surface area (Å²) in [5, 5.41) is 10.1. The zero-order valence-electron chi connectivity index (χ0n) is 16.5. The Kier molecular flexibility index (Phi) is 6.63. The number of ether oxygens (including phenoxy) is 1. The van der Waals surface area contributed by atoms with E-state index in [9.17, 15) is 19.2 Å². The van der Waals surface area contributed by atoms with Crippen LogP contribution >= 0.6 is 11.6 Å². The third-order valence-electron chi connectivity index (χ3n) is 5.85. The Hall–Kier alpha value is -2.33. The van der Waals surface area contributed by atoms with E-state index in [1.807, 2.05) is 0 Å². The summed E-state index contributed by atoms with van der Waals surface area (Å²) in [6.45, 7) is 3.84. The van der Waals surface area contributed by atoms with Crippen molar-refractivity contribution in [2.75, 3.05) is 32.8 Å². The molecule has 0 saturated carbocycles. The van der Waals surface area contributed by atoms with Crippen LogP contribution in [0.3, 0.4) is 0 Å². The van der Waals surface area contributed by atoms with E-state index in [0.717, 1.165) is 12.8 Å². The smallest absolute Gasteiger partial charge is 0.320 e. The standard InChI is InChI=1S/C21H25ClFN3O3/c1-2-29-19(27)11-15-5-8-25(9-6-15)20(28)26-10-7-21(13-24,14-26)17-4-3-16(22)12-18(17)23/h3-4,12,15H,2,5-11,14H2,1H3. The minimum Gasteiger partial charge on any atom is -0.466 e. The van der Waals surface area contributed by atoms with Crippen molar-refractivity contribution in [2.24, 2.45) is 5.92 Å². The zero-order valence-corrected chi connectivity index (χ0v) is 17.3. The molecule has 1 aromatic rings. The Balaban J connectivity index is 1.61. The lowest BCUT2D eigenvalue weighted by Gasteiger charge is -2.34. The number of hydrogen-bond donors (Lipinski definition) is 0. The number of nitriles is 1. The molecule has 1 atom stereocenters. The van der Waals surface area contributed by atoms with Gasteiger partial charge in [-0.3, -0.25) is 4.79 Å². The SMILES string of the molecule is CCOC(=O)CC1CCN(C(=O)N2CCC(C#N)(c3ccc(Cl)cc3F)C2)CC1. The summed E-state index contributed by atoms with van der Waals surface area (Å²) in [5.41, 5.74) is -0.778. The molecule has 2 amide bonds. The third kappa shape index (κ3) is 4.64. The highest BCUT2D eigenvalue weighted by Crippen LogP contribution is 2.37. The summed E-state index contributed by atoms with van der Waals surface area (Å²) in [7, 11) is 0. The maximum Gasteiger partial charge on any atom is 0.320 e. The average molecular weight is 422 g/mol. The number of rotatable bonds is 4. The second-order valence-electron chi connectivity index (χ2n) is 7.71. The van der Waals surface area contributed by atoms with E-state index in [1.165, 1.54) is 12.1 Å². The van der Waals surface area contributed by atoms with Crippen LogP contribution in [-0.4, -0.2) is 54.6 Å². The number of esters is 1. The molecule has 156 valence electrons. The second kappa shape index (κ2) is 9.00. The van der Waals surface area contributed by atoms with E-state index < -0.39 is 11.2 Å². The number of carbonyl (C=O) groups is 2. The Morgan fingerprint density at radius 3 is 2.66 bits per heavy atom. The van der Waals surface area contributed by atoms with Crippen molar-refractivity contribution in [1.82, 2.24) is 9.80 Å². The minimum absolute atomic E-state index is 0.133. The fourth-order valence-electron chi connectivity index (χ4n) is 4.21. The maximum absolute atomic E-state index is 14.4. The highest BCUT2D eigenvalue weighted by Gasteiger charge is 2.44. The lowest BCUT2D eigenvalue weighted by atomic mass is 9.81. The van der Waals surface area contributed by atoms with E-state index in [2.05, 4.69) is 6.07 Å². The normalized spacial score (nSPS) is 22.4. The fourth-order valence-corrected chi connectivity index (χ4v) is 4.36. The lowest BCUT2D eigenvalue weighted by Crippen LogP contribution is -2.47. The number of benzene rings is 1. The summed E-state index contributed by atoms with van der Waals surface area (Å²) in [6.07, 6.45) is 2.25. The van der Waals surface area contributed by atoms with Gasteiger partial charge in [-0.25, -0.2) is 9.18 Å². The van der Waals surface area contributed by atoms with E-state index in [1.54, 1.807) is 22.8 Å². The predicted molar refractivity (Wildman–Crippen MR) is 106 cm³/mol. The topological polar surface area (TPSA) is 73.6 Å². The molecule has 29 heavy (non-hydrogen) atoms. The van der Waals surface area contributed by atoms with Crippen molar-refractivity contribution in [3.63, 3.8) is 0 Å². The van der Waals surface area contributed by atoms with Crippen LogP contribution in [0.1, 0.15) is 38.2 Å². The maximum atomic E-state index is 14.4. The first kappa shape index (κ1) is 21.4. The molecule has 0 radical (unpaired) electrons. The molecule has 2 heterocycles. The Morgan fingerprint density at radius 1 is 1.31 bits per heavy atom. The van der Waals surface area contributed by atoms with Gasteiger partial charge in [-0.1, -0.05) is 17.7 Å². The number of piperidine rings is 1. The molecule has 8 heteroatoms. The van der Waals surface area contributed by atoms with E-state index >= 15 is 0 Å². The van der Waals surface area contributed by atoms with Crippen molar-refractivity contribution >= 4 is 23.6 Å². The van der Waals surface area contributed by atoms with Crippen LogP contribution in [-0.2, 0) is 14.9 Å². The fraction of sp³-hybridized carbons (Fsp3) is 0.571. The van der Waals surface area contributed by atoms with E-state index in [4.69, 9.17) is 16.3 Å². The predicted octanol–water partition coefficient (Wildman–Crippen LogP) is 3.73. The molecule has 0 N–H and O–H groups in total. The van der Waals surface area contributed by atoms with Gasteiger partial charge in [0.1, 0.15) is 11.2 Å². The summed E-state index contributed by atoms with van der Waals surface area (Å²) in [6, 6.07) is 6.41. The summed E-state index contributed by atoms with van der Waals surface area (Å²) in [5.74, 6) is -0.494. The molecule has 6 nitrogen and oxygen atoms in total. The van der Waals surface area contributed by atoms with Gasteiger partial charge in [0.25, 0.3) is 0 Å². The first-order chi connectivity index (χ1) is 13.9. The number of nitrogens with zero attached hydrogens (tertiary/aromatic N) is 3. The molecule has 1 aromatic carbocycles. The van der Waals surface area contributed by atoms with Gasteiger partial charge in [-0.05, 0) is 44.2 Å². The van der Waals surface area contributed by atoms with Crippen LogP contribution in [0, 0.1) is 23.1 Å². The molecule has 0 spiro atoms. The van der Waals surface area contributed by atoms with Crippen LogP contribution in [0.25, 0.3) is 0 Å². The van der Waals surface area contributed by atoms with Gasteiger partial charge in [0, 0.05) is 43.2 Å². The summed E-state index contributed by atoms with van der Waals surface area (Å²) in [4.78, 5) is 28.0. The van der Waals surface area contributed by atoms with Gasteiger partial charge in [0.2, 0.25) is 0 Å². The van der Waals surface area contributed by atoms with Gasteiger partial charge in [0.05, 0.1) is 12.7 Å². The average Bonchev–Trinajstić information content (AvgIpc) is 3.14.